The highest BCUT2D eigenvalue weighted by Gasteiger charge is 2.27. The third-order valence-corrected chi connectivity index (χ3v) is 7.06. The van der Waals surface area contributed by atoms with Crippen LogP contribution in [0.25, 0.3) is 0 Å². The Morgan fingerprint density at radius 3 is 2.13 bits per heavy atom. The summed E-state index contributed by atoms with van der Waals surface area (Å²) in [7, 11) is 3.75. The highest BCUT2D eigenvalue weighted by molar-refractivity contribution is 7.91. The van der Waals surface area contributed by atoms with E-state index in [1.807, 2.05) is 33.2 Å². The minimum atomic E-state index is -3.55. The molecule has 1 N–H and O–H groups in total. The summed E-state index contributed by atoms with van der Waals surface area (Å²) in [5.41, 5.74) is 0.978. The van der Waals surface area contributed by atoms with Gasteiger partial charge in [0.2, 0.25) is 9.84 Å². The Bertz CT molecular complexity index is 1050. The zero-order valence-corrected chi connectivity index (χ0v) is 19.3. The van der Waals surface area contributed by atoms with Crippen LogP contribution in [0.2, 0.25) is 0 Å². The number of hydrazone groups is 1. The summed E-state index contributed by atoms with van der Waals surface area (Å²) in [4.78, 5) is 16.1. The van der Waals surface area contributed by atoms with E-state index in [1.165, 1.54) is 5.01 Å². The molecule has 0 unspecified atom stereocenters. The van der Waals surface area contributed by atoms with Gasteiger partial charge in [-0.25, -0.2) is 18.2 Å². The number of sulfone groups is 1. The molecule has 0 fully saturated rings. The number of hydrogen-bond donors (Lipinski definition) is 1. The van der Waals surface area contributed by atoms with Crippen LogP contribution >= 0.6 is 0 Å². The lowest BCUT2D eigenvalue weighted by Crippen LogP contribution is -2.52. The minimum absolute atomic E-state index is 0.0376. The second-order valence-corrected chi connectivity index (χ2v) is 9.89. The van der Waals surface area contributed by atoms with Gasteiger partial charge >= 0.3 is 6.03 Å². The molecular formula is C22H29N5O3S. The molecule has 1 aliphatic heterocycles. The van der Waals surface area contributed by atoms with Gasteiger partial charge in [0.1, 0.15) is 5.84 Å². The molecule has 3 rings (SSSR count). The summed E-state index contributed by atoms with van der Waals surface area (Å²) in [5, 5.41) is 9.04. The van der Waals surface area contributed by atoms with Crippen LogP contribution in [-0.2, 0) is 9.84 Å². The fraction of sp³-hybridized carbons (Fsp3) is 0.364. The van der Waals surface area contributed by atoms with Crippen molar-refractivity contribution in [3.8, 4) is 0 Å². The molecule has 0 saturated heterocycles. The predicted octanol–water partition coefficient (Wildman–Crippen LogP) is 2.41. The fourth-order valence-corrected chi connectivity index (χ4v) is 5.11. The number of urea groups is 1. The van der Waals surface area contributed by atoms with Gasteiger partial charge < -0.3 is 15.1 Å². The second-order valence-electron chi connectivity index (χ2n) is 7.94. The molecular weight excluding hydrogens is 414 g/mol. The van der Waals surface area contributed by atoms with Gasteiger partial charge in [0, 0.05) is 20.1 Å². The number of carbonyl (C=O) groups excluding carboxylic acids is 1. The van der Waals surface area contributed by atoms with Crippen molar-refractivity contribution in [3.05, 3.63) is 60.2 Å². The summed E-state index contributed by atoms with van der Waals surface area (Å²) in [5.74, 6) is 0.701. The maximum atomic E-state index is 12.9. The van der Waals surface area contributed by atoms with E-state index in [9.17, 15) is 13.2 Å². The Morgan fingerprint density at radius 2 is 1.58 bits per heavy atom. The minimum Gasteiger partial charge on any atom is -0.366 e. The predicted molar refractivity (Wildman–Crippen MR) is 121 cm³/mol. The normalized spacial score (nSPS) is 16.8. The average Bonchev–Trinajstić information content (AvgIpc) is 2.73. The van der Waals surface area contributed by atoms with E-state index >= 15 is 0 Å². The number of likely N-dealkylation sites (N-methyl/N-ethyl adjacent to an activating group) is 2. The molecule has 2 aromatic rings. The van der Waals surface area contributed by atoms with E-state index in [-0.39, 0.29) is 27.9 Å². The van der Waals surface area contributed by atoms with Gasteiger partial charge in [0.25, 0.3) is 0 Å². The number of amides is 2. The van der Waals surface area contributed by atoms with Gasteiger partial charge in [-0.3, -0.25) is 0 Å². The topological polar surface area (TPSA) is 85.3 Å². The van der Waals surface area contributed by atoms with Crippen LogP contribution in [0.1, 0.15) is 18.5 Å². The van der Waals surface area contributed by atoms with E-state index in [1.54, 1.807) is 61.5 Å². The van der Waals surface area contributed by atoms with E-state index in [4.69, 9.17) is 0 Å². The molecule has 9 heteroatoms. The number of rotatable bonds is 6. The van der Waals surface area contributed by atoms with Gasteiger partial charge in [-0.05, 0) is 50.8 Å². The third-order valence-electron chi connectivity index (χ3n) is 5.27. The fourth-order valence-electron chi connectivity index (χ4n) is 3.82. The van der Waals surface area contributed by atoms with Gasteiger partial charge in [-0.1, -0.05) is 30.3 Å². The van der Waals surface area contributed by atoms with Crippen molar-refractivity contribution in [3.63, 3.8) is 0 Å². The van der Waals surface area contributed by atoms with E-state index in [0.717, 1.165) is 5.56 Å². The Labute approximate surface area is 184 Å². The molecule has 0 radical (unpaired) electrons. The van der Waals surface area contributed by atoms with Crippen LogP contribution < -0.4 is 5.32 Å². The van der Waals surface area contributed by atoms with Crippen LogP contribution in [0.5, 0.6) is 0 Å². The van der Waals surface area contributed by atoms with Crippen molar-refractivity contribution in [2.24, 2.45) is 5.10 Å². The first kappa shape index (κ1) is 22.8. The van der Waals surface area contributed by atoms with E-state index < -0.39 is 9.84 Å². The van der Waals surface area contributed by atoms with Crippen molar-refractivity contribution >= 4 is 21.7 Å². The molecule has 1 aliphatic rings. The lowest BCUT2D eigenvalue weighted by molar-refractivity contribution is 0.172. The first-order valence-corrected chi connectivity index (χ1v) is 11.5. The highest BCUT2D eigenvalue weighted by atomic mass is 32.2. The molecule has 0 saturated carbocycles. The zero-order valence-electron chi connectivity index (χ0n) is 18.5. The molecule has 166 valence electrons. The maximum Gasteiger partial charge on any atom is 0.340 e. The van der Waals surface area contributed by atoms with Crippen LogP contribution in [0.4, 0.5) is 4.79 Å². The molecule has 0 spiro atoms. The summed E-state index contributed by atoms with van der Waals surface area (Å²) in [6.45, 7) is 2.44. The Kier molecular flexibility index (Phi) is 6.66. The Hall–Kier alpha value is -2.91. The highest BCUT2D eigenvalue weighted by Crippen LogP contribution is 2.26. The number of hydrogen-bond acceptors (Lipinski definition) is 6. The molecule has 0 bridgehead atoms. The van der Waals surface area contributed by atoms with Gasteiger partial charge in [0.05, 0.1) is 22.4 Å². The number of nitrogens with one attached hydrogen (secondary N) is 1. The van der Waals surface area contributed by atoms with Crippen LogP contribution in [0, 0.1) is 0 Å². The van der Waals surface area contributed by atoms with Crippen LogP contribution in [0.3, 0.4) is 0 Å². The summed E-state index contributed by atoms with van der Waals surface area (Å²) in [6.07, 6.45) is 0. The van der Waals surface area contributed by atoms with Crippen molar-refractivity contribution in [1.82, 2.24) is 20.1 Å². The first-order chi connectivity index (χ1) is 14.6. The van der Waals surface area contributed by atoms with E-state index in [2.05, 4.69) is 15.3 Å². The quantitative estimate of drug-likeness (QED) is 0.741. The molecule has 2 amide bonds. The summed E-state index contributed by atoms with van der Waals surface area (Å²) < 4.78 is 25.7. The lowest BCUT2D eigenvalue weighted by Gasteiger charge is -2.34. The zero-order chi connectivity index (χ0) is 22.8. The van der Waals surface area contributed by atoms with Crippen LogP contribution in [0.15, 0.2) is 69.5 Å². The van der Waals surface area contributed by atoms with Crippen molar-refractivity contribution in [2.75, 3.05) is 34.7 Å². The maximum absolute atomic E-state index is 12.9. The third kappa shape index (κ3) is 4.88. The molecule has 2 aromatic carbocycles. The van der Waals surface area contributed by atoms with Gasteiger partial charge in [0.15, 0.2) is 0 Å². The Morgan fingerprint density at radius 1 is 1.00 bits per heavy atom. The average molecular weight is 444 g/mol. The monoisotopic (exact) mass is 443 g/mol. The van der Waals surface area contributed by atoms with Crippen molar-refractivity contribution in [1.29, 1.82) is 0 Å². The number of amidine groups is 1. The number of carbonyl (C=O) groups is 1. The van der Waals surface area contributed by atoms with Crippen LogP contribution in [-0.4, -0.2) is 75.9 Å². The molecule has 1 heterocycles. The smallest absolute Gasteiger partial charge is 0.340 e. The molecule has 8 nitrogen and oxygen atoms in total. The van der Waals surface area contributed by atoms with Crippen molar-refractivity contribution in [2.45, 2.75) is 28.8 Å². The number of benzene rings is 2. The van der Waals surface area contributed by atoms with E-state index in [0.29, 0.717) is 12.4 Å². The van der Waals surface area contributed by atoms with Gasteiger partial charge in [-0.2, -0.15) is 5.10 Å². The number of nitrogens with zero attached hydrogens (tertiary/aromatic N) is 4. The lowest BCUT2D eigenvalue weighted by atomic mass is 9.99. The van der Waals surface area contributed by atoms with Crippen molar-refractivity contribution < 1.29 is 13.2 Å². The molecule has 0 aliphatic carbocycles. The molecule has 31 heavy (non-hydrogen) atoms. The molecule has 0 aromatic heterocycles. The molecule has 2 atom stereocenters. The largest absolute Gasteiger partial charge is 0.366 e. The SMILES string of the molecule is C[C@H](NC1=NN(C)C(=O)N(C)C1)[C@H](c1ccc(S(=O)(=O)c2ccccc2)cc1)N(C)C. The standard InChI is InChI=1S/C22H29N5O3S/c1-16(23-20-15-26(4)22(28)27(5)24-20)21(25(2)3)17-11-13-19(14-12-17)31(29,30)18-9-7-6-8-10-18/h6-14,16,21H,15H2,1-5H3,(H,23,24)/t16-,21+/m0/s1. The second kappa shape index (κ2) is 9.07. The Balaban J connectivity index is 1.82. The van der Waals surface area contributed by atoms with Gasteiger partial charge in [-0.15, -0.1) is 0 Å². The summed E-state index contributed by atoms with van der Waals surface area (Å²) >= 11 is 0. The summed E-state index contributed by atoms with van der Waals surface area (Å²) in [6, 6.07) is 15.2. The first-order valence-electron chi connectivity index (χ1n) is 10.0.